The van der Waals surface area contributed by atoms with Crippen LogP contribution in [0.3, 0.4) is 0 Å². The molecule has 1 fully saturated rings. The normalized spacial score (nSPS) is 16.1. The first kappa shape index (κ1) is 23.3. The second-order valence-electron chi connectivity index (χ2n) is 7.87. The maximum absolute atomic E-state index is 12.5. The smallest absolute Gasteiger partial charge is 0.246 e. The van der Waals surface area contributed by atoms with Gasteiger partial charge in [-0.25, -0.2) is 0 Å². The number of nitrogens with zero attached hydrogens (tertiary/aromatic N) is 2. The molecule has 170 valence electrons. The van der Waals surface area contributed by atoms with Gasteiger partial charge in [-0.05, 0) is 55.5 Å². The monoisotopic (exact) mass is 437 g/mol. The van der Waals surface area contributed by atoms with Gasteiger partial charge >= 0.3 is 0 Å². The highest BCUT2D eigenvalue weighted by molar-refractivity contribution is 5.91. The van der Waals surface area contributed by atoms with Gasteiger partial charge in [0.15, 0.2) is 0 Å². The number of methoxy groups -OCH3 is 2. The zero-order chi connectivity index (χ0) is 22.8. The topological polar surface area (TPSA) is 80.8 Å². The SMILES string of the molecule is COc1ccc(CNC(=O)CC[C@@H]2CCCN(C(=O)/C=C/c3ccccn3)C2)c(OC)c1. The minimum atomic E-state index is -0.00333. The summed E-state index contributed by atoms with van der Waals surface area (Å²) >= 11 is 0. The molecule has 0 radical (unpaired) electrons. The highest BCUT2D eigenvalue weighted by atomic mass is 16.5. The fourth-order valence-corrected chi connectivity index (χ4v) is 3.85. The van der Waals surface area contributed by atoms with Crippen molar-refractivity contribution in [1.29, 1.82) is 0 Å². The zero-order valence-electron chi connectivity index (χ0n) is 18.8. The minimum Gasteiger partial charge on any atom is -0.497 e. The van der Waals surface area contributed by atoms with Crippen molar-refractivity contribution in [2.45, 2.75) is 32.2 Å². The summed E-state index contributed by atoms with van der Waals surface area (Å²) in [5, 5.41) is 2.96. The first-order valence-corrected chi connectivity index (χ1v) is 10.9. The summed E-state index contributed by atoms with van der Waals surface area (Å²) in [6.07, 6.45) is 8.23. The first-order valence-electron chi connectivity index (χ1n) is 10.9. The van der Waals surface area contributed by atoms with Gasteiger partial charge in [0, 0.05) is 50.0 Å². The Morgan fingerprint density at radius 3 is 2.84 bits per heavy atom. The largest absolute Gasteiger partial charge is 0.497 e. The number of carbonyl (C=O) groups excluding carboxylic acids is 2. The Labute approximate surface area is 189 Å². The van der Waals surface area contributed by atoms with Crippen LogP contribution in [0.25, 0.3) is 6.08 Å². The van der Waals surface area contributed by atoms with E-state index in [1.807, 2.05) is 35.2 Å². The lowest BCUT2D eigenvalue weighted by Crippen LogP contribution is -2.39. The molecule has 7 nitrogen and oxygen atoms in total. The van der Waals surface area contributed by atoms with Crippen molar-refractivity contribution in [3.05, 3.63) is 59.9 Å². The van der Waals surface area contributed by atoms with E-state index < -0.39 is 0 Å². The second-order valence-corrected chi connectivity index (χ2v) is 7.87. The van der Waals surface area contributed by atoms with Crippen LogP contribution in [0.1, 0.15) is 36.9 Å². The first-order chi connectivity index (χ1) is 15.6. The lowest BCUT2D eigenvalue weighted by Gasteiger charge is -2.32. The predicted molar refractivity (Wildman–Crippen MR) is 123 cm³/mol. The Morgan fingerprint density at radius 1 is 1.22 bits per heavy atom. The quantitative estimate of drug-likeness (QED) is 0.608. The average Bonchev–Trinajstić information content (AvgIpc) is 2.85. The third-order valence-electron chi connectivity index (χ3n) is 5.67. The molecule has 1 saturated heterocycles. The van der Waals surface area contributed by atoms with Gasteiger partial charge in [-0.2, -0.15) is 0 Å². The Bertz CT molecular complexity index is 930. The van der Waals surface area contributed by atoms with Crippen LogP contribution in [0.2, 0.25) is 0 Å². The molecule has 2 aromatic rings. The summed E-state index contributed by atoms with van der Waals surface area (Å²) in [5.41, 5.74) is 1.66. The van der Waals surface area contributed by atoms with E-state index in [2.05, 4.69) is 10.3 Å². The number of amides is 2. The number of pyridine rings is 1. The number of piperidine rings is 1. The van der Waals surface area contributed by atoms with Crippen LogP contribution in [0.15, 0.2) is 48.7 Å². The molecule has 0 saturated carbocycles. The van der Waals surface area contributed by atoms with E-state index in [9.17, 15) is 9.59 Å². The number of rotatable bonds is 9. The summed E-state index contributed by atoms with van der Waals surface area (Å²) in [5.74, 6) is 1.73. The molecule has 0 bridgehead atoms. The molecule has 1 aliphatic rings. The molecular formula is C25H31N3O4. The molecule has 1 aliphatic heterocycles. The molecule has 1 atom stereocenters. The molecular weight excluding hydrogens is 406 g/mol. The van der Waals surface area contributed by atoms with Gasteiger partial charge in [0.25, 0.3) is 0 Å². The van der Waals surface area contributed by atoms with E-state index in [0.29, 0.717) is 36.9 Å². The third kappa shape index (κ3) is 6.83. The Kier molecular flexibility index (Phi) is 8.66. The Balaban J connectivity index is 1.43. The number of carbonyl (C=O) groups is 2. The van der Waals surface area contributed by atoms with E-state index >= 15 is 0 Å². The lowest BCUT2D eigenvalue weighted by atomic mass is 9.93. The second kappa shape index (κ2) is 11.9. The van der Waals surface area contributed by atoms with Crippen LogP contribution in [-0.2, 0) is 16.1 Å². The van der Waals surface area contributed by atoms with Crippen LogP contribution in [0.5, 0.6) is 11.5 Å². The maximum atomic E-state index is 12.5. The van der Waals surface area contributed by atoms with Crippen molar-refractivity contribution in [3.63, 3.8) is 0 Å². The van der Waals surface area contributed by atoms with Gasteiger partial charge in [-0.1, -0.05) is 6.07 Å². The highest BCUT2D eigenvalue weighted by Crippen LogP contribution is 2.25. The third-order valence-corrected chi connectivity index (χ3v) is 5.67. The number of hydrogen-bond donors (Lipinski definition) is 1. The number of hydrogen-bond acceptors (Lipinski definition) is 5. The molecule has 1 aromatic heterocycles. The maximum Gasteiger partial charge on any atom is 0.246 e. The van der Waals surface area contributed by atoms with Gasteiger partial charge in [0.1, 0.15) is 11.5 Å². The molecule has 32 heavy (non-hydrogen) atoms. The lowest BCUT2D eigenvalue weighted by molar-refractivity contribution is -0.127. The summed E-state index contributed by atoms with van der Waals surface area (Å²) in [6.45, 7) is 1.84. The summed E-state index contributed by atoms with van der Waals surface area (Å²) in [6, 6.07) is 11.1. The number of ether oxygens (including phenoxy) is 2. The summed E-state index contributed by atoms with van der Waals surface area (Å²) in [7, 11) is 3.20. The van der Waals surface area contributed by atoms with Gasteiger partial charge < -0.3 is 19.7 Å². The number of aromatic nitrogens is 1. The molecule has 2 amide bonds. The van der Waals surface area contributed by atoms with Gasteiger partial charge in [-0.15, -0.1) is 0 Å². The number of likely N-dealkylation sites (tertiary alicyclic amines) is 1. The molecule has 7 heteroatoms. The Morgan fingerprint density at radius 2 is 2.09 bits per heavy atom. The van der Waals surface area contributed by atoms with Crippen molar-refractivity contribution in [3.8, 4) is 11.5 Å². The molecule has 3 rings (SSSR count). The van der Waals surface area contributed by atoms with E-state index in [0.717, 1.165) is 37.1 Å². The Hall–Kier alpha value is -3.35. The van der Waals surface area contributed by atoms with Crippen molar-refractivity contribution in [1.82, 2.24) is 15.2 Å². The van der Waals surface area contributed by atoms with Crippen LogP contribution in [0.4, 0.5) is 0 Å². The van der Waals surface area contributed by atoms with Crippen LogP contribution in [0, 0.1) is 5.92 Å². The summed E-state index contributed by atoms with van der Waals surface area (Å²) in [4.78, 5) is 31.0. The minimum absolute atomic E-state index is 0.00127. The molecule has 1 N–H and O–H groups in total. The fourth-order valence-electron chi connectivity index (χ4n) is 3.85. The number of nitrogens with one attached hydrogen (secondary N) is 1. The standard InChI is InChI=1S/C25H31N3O4/c1-31-22-11-9-20(23(16-22)32-2)17-27-24(29)12-8-19-6-5-15-28(18-19)25(30)13-10-21-7-3-4-14-26-21/h3-4,7,9-11,13-14,16,19H,5-6,8,12,15,17-18H2,1-2H3,(H,27,29)/b13-10+/t19-/m0/s1. The average molecular weight is 438 g/mol. The van der Waals surface area contributed by atoms with E-state index in [4.69, 9.17) is 9.47 Å². The molecule has 0 unspecified atom stereocenters. The summed E-state index contributed by atoms with van der Waals surface area (Å²) < 4.78 is 10.6. The molecule has 2 heterocycles. The molecule has 0 spiro atoms. The highest BCUT2D eigenvalue weighted by Gasteiger charge is 2.23. The van der Waals surface area contributed by atoms with Crippen LogP contribution in [-0.4, -0.2) is 49.0 Å². The van der Waals surface area contributed by atoms with Gasteiger partial charge in [-0.3, -0.25) is 14.6 Å². The van der Waals surface area contributed by atoms with Crippen molar-refractivity contribution in [2.75, 3.05) is 27.3 Å². The van der Waals surface area contributed by atoms with Crippen molar-refractivity contribution < 1.29 is 19.1 Å². The molecule has 0 aliphatic carbocycles. The number of benzene rings is 1. The predicted octanol–water partition coefficient (Wildman–Crippen LogP) is 3.45. The van der Waals surface area contributed by atoms with Crippen molar-refractivity contribution in [2.24, 2.45) is 5.92 Å². The molecule has 1 aromatic carbocycles. The fraction of sp³-hybridized carbons (Fsp3) is 0.400. The van der Waals surface area contributed by atoms with Gasteiger partial charge in [0.2, 0.25) is 11.8 Å². The zero-order valence-corrected chi connectivity index (χ0v) is 18.8. The van der Waals surface area contributed by atoms with Crippen LogP contribution >= 0.6 is 0 Å². The van der Waals surface area contributed by atoms with Crippen molar-refractivity contribution >= 4 is 17.9 Å². The van der Waals surface area contributed by atoms with Crippen LogP contribution < -0.4 is 14.8 Å². The van der Waals surface area contributed by atoms with E-state index in [1.54, 1.807) is 38.6 Å². The van der Waals surface area contributed by atoms with Gasteiger partial charge in [0.05, 0.1) is 19.9 Å². The van der Waals surface area contributed by atoms with E-state index in [1.165, 1.54) is 0 Å². The van der Waals surface area contributed by atoms with E-state index in [-0.39, 0.29) is 11.8 Å².